The van der Waals surface area contributed by atoms with Gasteiger partial charge in [-0.3, -0.25) is 4.68 Å². The van der Waals surface area contributed by atoms with Crippen LogP contribution in [0.25, 0.3) is 11.3 Å². The summed E-state index contributed by atoms with van der Waals surface area (Å²) in [5.41, 5.74) is 2.00. The largest absolute Gasteiger partial charge is 0.396 e. The fourth-order valence-electron chi connectivity index (χ4n) is 1.71. The summed E-state index contributed by atoms with van der Waals surface area (Å²) in [7, 11) is 0. The number of aromatic nitrogens is 3. The van der Waals surface area contributed by atoms with Gasteiger partial charge in [0.1, 0.15) is 5.69 Å². The highest BCUT2D eigenvalue weighted by Crippen LogP contribution is 2.14. The summed E-state index contributed by atoms with van der Waals surface area (Å²) in [6.07, 6.45) is 4.88. The summed E-state index contributed by atoms with van der Waals surface area (Å²) in [5, 5.41) is 16.9. The van der Waals surface area contributed by atoms with Gasteiger partial charge in [-0.05, 0) is 19.3 Å². The van der Waals surface area contributed by atoms with E-state index in [2.05, 4.69) is 10.3 Å². The molecule has 0 atom stereocenters. The molecule has 0 aliphatic carbocycles. The van der Waals surface area contributed by atoms with Gasteiger partial charge in [0.2, 0.25) is 0 Å². The zero-order chi connectivity index (χ0) is 11.9. The first-order chi connectivity index (χ1) is 8.40. The van der Waals surface area contributed by atoms with Crippen LogP contribution in [0, 0.1) is 0 Å². The van der Waals surface area contributed by atoms with Crippen molar-refractivity contribution in [3.63, 3.8) is 0 Å². The van der Waals surface area contributed by atoms with E-state index in [-0.39, 0.29) is 6.61 Å². The standard InChI is InChI=1S/C13H17N3O/c17-10-6-2-5-9-16-11-13(14-15-16)12-7-3-1-4-8-12/h1,3-4,7-8,11,17H,2,5-6,9-10H2. The van der Waals surface area contributed by atoms with Crippen LogP contribution < -0.4 is 0 Å². The minimum atomic E-state index is 0.270. The lowest BCUT2D eigenvalue weighted by Crippen LogP contribution is -1.99. The highest BCUT2D eigenvalue weighted by molar-refractivity contribution is 5.56. The maximum atomic E-state index is 8.68. The molecular weight excluding hydrogens is 214 g/mol. The lowest BCUT2D eigenvalue weighted by molar-refractivity contribution is 0.281. The fraction of sp³-hybridized carbons (Fsp3) is 0.385. The molecule has 90 valence electrons. The van der Waals surface area contributed by atoms with Crippen molar-refractivity contribution in [3.8, 4) is 11.3 Å². The van der Waals surface area contributed by atoms with Gasteiger partial charge >= 0.3 is 0 Å². The lowest BCUT2D eigenvalue weighted by atomic mass is 10.2. The van der Waals surface area contributed by atoms with E-state index in [1.54, 1.807) is 0 Å². The van der Waals surface area contributed by atoms with E-state index < -0.39 is 0 Å². The van der Waals surface area contributed by atoms with Gasteiger partial charge in [-0.15, -0.1) is 5.10 Å². The normalized spacial score (nSPS) is 10.6. The molecule has 1 aromatic carbocycles. The van der Waals surface area contributed by atoms with Crippen molar-refractivity contribution >= 4 is 0 Å². The number of aryl methyl sites for hydroxylation is 1. The Morgan fingerprint density at radius 2 is 1.88 bits per heavy atom. The zero-order valence-electron chi connectivity index (χ0n) is 9.79. The van der Waals surface area contributed by atoms with E-state index in [9.17, 15) is 0 Å². The molecule has 2 aromatic rings. The second kappa shape index (κ2) is 6.15. The number of hydrogen-bond acceptors (Lipinski definition) is 3. The van der Waals surface area contributed by atoms with Crippen LogP contribution >= 0.6 is 0 Å². The van der Waals surface area contributed by atoms with Crippen molar-refractivity contribution in [1.82, 2.24) is 15.0 Å². The first-order valence-corrected chi connectivity index (χ1v) is 5.96. The topological polar surface area (TPSA) is 50.9 Å². The van der Waals surface area contributed by atoms with E-state index >= 15 is 0 Å². The number of unbranched alkanes of at least 4 members (excludes halogenated alkanes) is 2. The van der Waals surface area contributed by atoms with Crippen molar-refractivity contribution in [1.29, 1.82) is 0 Å². The van der Waals surface area contributed by atoms with Crippen molar-refractivity contribution in [2.24, 2.45) is 0 Å². The molecule has 0 aliphatic rings. The highest BCUT2D eigenvalue weighted by Gasteiger charge is 2.02. The Balaban J connectivity index is 1.92. The Hall–Kier alpha value is -1.68. The summed E-state index contributed by atoms with van der Waals surface area (Å²) < 4.78 is 1.86. The van der Waals surface area contributed by atoms with E-state index in [4.69, 9.17) is 5.11 Å². The summed E-state index contributed by atoms with van der Waals surface area (Å²) >= 11 is 0. The summed E-state index contributed by atoms with van der Waals surface area (Å²) in [4.78, 5) is 0. The number of benzene rings is 1. The predicted molar refractivity (Wildman–Crippen MR) is 66.4 cm³/mol. The SMILES string of the molecule is OCCCCCn1cc(-c2ccccc2)nn1. The van der Waals surface area contributed by atoms with Gasteiger partial charge in [-0.2, -0.15) is 0 Å². The lowest BCUT2D eigenvalue weighted by Gasteiger charge is -1.98. The number of hydrogen-bond donors (Lipinski definition) is 1. The molecule has 4 nitrogen and oxygen atoms in total. The third-order valence-electron chi connectivity index (χ3n) is 2.65. The number of nitrogens with zero attached hydrogens (tertiary/aromatic N) is 3. The summed E-state index contributed by atoms with van der Waals surface area (Å²) in [5.74, 6) is 0. The third-order valence-corrected chi connectivity index (χ3v) is 2.65. The van der Waals surface area contributed by atoms with Gasteiger partial charge in [-0.1, -0.05) is 35.5 Å². The summed E-state index contributed by atoms with van der Waals surface area (Å²) in [6, 6.07) is 10.0. The molecule has 0 bridgehead atoms. The minimum absolute atomic E-state index is 0.270. The van der Waals surface area contributed by atoms with E-state index in [0.717, 1.165) is 37.1 Å². The van der Waals surface area contributed by atoms with E-state index in [1.165, 1.54) is 0 Å². The molecule has 1 heterocycles. The average molecular weight is 231 g/mol. The molecule has 1 aromatic heterocycles. The van der Waals surface area contributed by atoms with Crippen molar-refractivity contribution in [2.45, 2.75) is 25.8 Å². The van der Waals surface area contributed by atoms with Gasteiger partial charge in [0.25, 0.3) is 0 Å². The van der Waals surface area contributed by atoms with Crippen molar-refractivity contribution in [3.05, 3.63) is 36.5 Å². The molecule has 0 amide bonds. The Morgan fingerprint density at radius 1 is 1.06 bits per heavy atom. The van der Waals surface area contributed by atoms with Gasteiger partial charge in [0.05, 0.1) is 6.20 Å². The van der Waals surface area contributed by atoms with Gasteiger partial charge in [0.15, 0.2) is 0 Å². The van der Waals surface area contributed by atoms with Crippen LogP contribution in [0.1, 0.15) is 19.3 Å². The van der Waals surface area contributed by atoms with Crippen LogP contribution in [-0.4, -0.2) is 26.7 Å². The van der Waals surface area contributed by atoms with Crippen LogP contribution in [0.4, 0.5) is 0 Å². The molecule has 0 spiro atoms. The summed E-state index contributed by atoms with van der Waals surface area (Å²) in [6.45, 7) is 1.13. The van der Waals surface area contributed by atoms with Gasteiger partial charge in [0, 0.05) is 18.7 Å². The van der Waals surface area contributed by atoms with Crippen LogP contribution in [0.3, 0.4) is 0 Å². The van der Waals surface area contributed by atoms with Crippen molar-refractivity contribution < 1.29 is 5.11 Å². The molecule has 0 aliphatic heterocycles. The first kappa shape index (κ1) is 11.8. The van der Waals surface area contributed by atoms with Gasteiger partial charge < -0.3 is 5.11 Å². The van der Waals surface area contributed by atoms with E-state index in [1.807, 2.05) is 41.2 Å². The van der Waals surface area contributed by atoms with Crippen molar-refractivity contribution in [2.75, 3.05) is 6.61 Å². The van der Waals surface area contributed by atoms with Gasteiger partial charge in [-0.25, -0.2) is 0 Å². The maximum Gasteiger partial charge on any atom is 0.113 e. The van der Waals surface area contributed by atoms with Crippen LogP contribution in [0.15, 0.2) is 36.5 Å². The minimum Gasteiger partial charge on any atom is -0.396 e. The molecule has 1 N–H and O–H groups in total. The second-order valence-corrected chi connectivity index (χ2v) is 4.02. The Labute approximate surface area is 101 Å². The average Bonchev–Trinajstić information content (AvgIpc) is 2.85. The Bertz CT molecular complexity index is 439. The van der Waals surface area contributed by atoms with Crippen LogP contribution in [-0.2, 0) is 6.54 Å². The zero-order valence-corrected chi connectivity index (χ0v) is 9.79. The number of aliphatic hydroxyl groups is 1. The first-order valence-electron chi connectivity index (χ1n) is 5.96. The Kier molecular flexibility index (Phi) is 4.27. The van der Waals surface area contributed by atoms with Crippen LogP contribution in [0.5, 0.6) is 0 Å². The van der Waals surface area contributed by atoms with Crippen LogP contribution in [0.2, 0.25) is 0 Å². The third kappa shape index (κ3) is 3.39. The highest BCUT2D eigenvalue weighted by atomic mass is 16.2. The fourth-order valence-corrected chi connectivity index (χ4v) is 1.71. The molecule has 0 saturated carbocycles. The smallest absolute Gasteiger partial charge is 0.113 e. The second-order valence-electron chi connectivity index (χ2n) is 4.02. The molecule has 17 heavy (non-hydrogen) atoms. The molecule has 0 saturated heterocycles. The molecular formula is C13H17N3O. The van der Waals surface area contributed by atoms with E-state index in [0.29, 0.717) is 0 Å². The quantitative estimate of drug-likeness (QED) is 0.775. The number of aliphatic hydroxyl groups excluding tert-OH is 1. The molecule has 0 fully saturated rings. The molecule has 0 unspecified atom stereocenters. The molecule has 0 radical (unpaired) electrons. The maximum absolute atomic E-state index is 8.68. The molecule has 4 heteroatoms. The Morgan fingerprint density at radius 3 is 2.65 bits per heavy atom. The molecule has 2 rings (SSSR count). The predicted octanol–water partition coefficient (Wildman–Crippen LogP) is 2.11. The monoisotopic (exact) mass is 231 g/mol. The number of rotatable bonds is 6.